The molecule has 0 aliphatic carbocycles. The van der Waals surface area contributed by atoms with E-state index in [1.165, 1.54) is 11.3 Å². The van der Waals surface area contributed by atoms with E-state index in [0.717, 1.165) is 21.9 Å². The molecule has 0 saturated carbocycles. The van der Waals surface area contributed by atoms with Crippen LogP contribution in [0.2, 0.25) is 0 Å². The van der Waals surface area contributed by atoms with Crippen LogP contribution in [-0.4, -0.2) is 36.5 Å². The first-order chi connectivity index (χ1) is 12.3. The summed E-state index contributed by atoms with van der Waals surface area (Å²) in [7, 11) is 1.61. The predicted octanol–water partition coefficient (Wildman–Crippen LogP) is 2.17. The Morgan fingerprint density at radius 3 is 2.50 bits per heavy atom. The van der Waals surface area contributed by atoms with Gasteiger partial charge in [0.15, 0.2) is 5.13 Å². The van der Waals surface area contributed by atoms with Crippen LogP contribution in [0.15, 0.2) is 24.3 Å². The van der Waals surface area contributed by atoms with Gasteiger partial charge in [0, 0.05) is 10.4 Å². The molecule has 7 nitrogen and oxygen atoms in total. The summed E-state index contributed by atoms with van der Waals surface area (Å²) in [6.45, 7) is 5.50. The third-order valence-corrected chi connectivity index (χ3v) is 4.74. The lowest BCUT2D eigenvalue weighted by Crippen LogP contribution is -2.46. The van der Waals surface area contributed by atoms with Crippen molar-refractivity contribution in [3.63, 3.8) is 0 Å². The van der Waals surface area contributed by atoms with Gasteiger partial charge in [-0.25, -0.2) is 4.98 Å². The molecule has 2 aromatic rings. The van der Waals surface area contributed by atoms with Gasteiger partial charge in [-0.1, -0.05) is 13.8 Å². The van der Waals surface area contributed by atoms with Crippen LogP contribution < -0.4 is 21.1 Å². The van der Waals surface area contributed by atoms with E-state index in [1.807, 2.05) is 45.0 Å². The van der Waals surface area contributed by atoms with E-state index in [0.29, 0.717) is 5.13 Å². The molecule has 0 spiro atoms. The molecule has 26 heavy (non-hydrogen) atoms. The number of ether oxygens (including phenoxy) is 1. The number of thiazole rings is 1. The van der Waals surface area contributed by atoms with Gasteiger partial charge in [0.25, 0.3) is 0 Å². The second kappa shape index (κ2) is 8.77. The number of rotatable bonds is 7. The molecular weight excluding hydrogens is 352 g/mol. The maximum atomic E-state index is 12.0. The number of amides is 2. The van der Waals surface area contributed by atoms with Gasteiger partial charge >= 0.3 is 0 Å². The van der Waals surface area contributed by atoms with Crippen molar-refractivity contribution in [1.82, 2.24) is 10.3 Å². The molecule has 8 heteroatoms. The molecule has 0 aliphatic heterocycles. The number of aromatic nitrogens is 1. The highest BCUT2D eigenvalue weighted by Crippen LogP contribution is 2.31. The lowest BCUT2D eigenvalue weighted by atomic mass is 10.1. The van der Waals surface area contributed by atoms with Gasteiger partial charge in [-0.3, -0.25) is 9.59 Å². The second-order valence-electron chi connectivity index (χ2n) is 6.19. The lowest BCUT2D eigenvalue weighted by Gasteiger charge is -2.14. The van der Waals surface area contributed by atoms with Crippen LogP contribution in [0.4, 0.5) is 5.13 Å². The van der Waals surface area contributed by atoms with Crippen molar-refractivity contribution in [2.75, 3.05) is 19.0 Å². The van der Waals surface area contributed by atoms with Crippen molar-refractivity contribution < 1.29 is 14.3 Å². The minimum absolute atomic E-state index is 0.00623. The average molecular weight is 376 g/mol. The Hall–Kier alpha value is -2.45. The van der Waals surface area contributed by atoms with Gasteiger partial charge in [-0.15, -0.1) is 11.3 Å². The number of nitrogens with zero attached hydrogens (tertiary/aromatic N) is 1. The van der Waals surface area contributed by atoms with Crippen molar-refractivity contribution in [2.45, 2.75) is 26.8 Å². The lowest BCUT2D eigenvalue weighted by molar-refractivity contribution is -0.125. The molecule has 140 valence electrons. The fraction of sp³-hybridized carbons (Fsp3) is 0.389. The fourth-order valence-corrected chi connectivity index (χ4v) is 3.07. The molecule has 1 heterocycles. The predicted molar refractivity (Wildman–Crippen MR) is 103 cm³/mol. The standard InChI is InChI=1S/C18H24N4O3S/c1-10(2)15(19)17(24)20-9-14(23)21-18-22-16(11(3)26-18)12-5-7-13(25-4)8-6-12/h5-8,10,15H,9,19H2,1-4H3,(H,20,24)(H,21,22,23)/t15-/m0/s1. The topological polar surface area (TPSA) is 106 Å². The highest BCUT2D eigenvalue weighted by molar-refractivity contribution is 7.16. The van der Waals surface area contributed by atoms with Crippen LogP contribution >= 0.6 is 11.3 Å². The molecule has 2 rings (SSSR count). The summed E-state index contributed by atoms with van der Waals surface area (Å²) in [5.41, 5.74) is 7.49. The first kappa shape index (κ1) is 19.9. The fourth-order valence-electron chi connectivity index (χ4n) is 2.22. The molecule has 0 unspecified atom stereocenters. The van der Waals surface area contributed by atoms with Crippen molar-refractivity contribution in [3.05, 3.63) is 29.1 Å². The monoisotopic (exact) mass is 376 g/mol. The maximum absolute atomic E-state index is 12.0. The van der Waals surface area contributed by atoms with E-state index in [1.54, 1.807) is 7.11 Å². The van der Waals surface area contributed by atoms with Gasteiger partial charge in [0.1, 0.15) is 5.75 Å². The van der Waals surface area contributed by atoms with Crippen LogP contribution in [-0.2, 0) is 9.59 Å². The van der Waals surface area contributed by atoms with Gasteiger partial charge in [0.2, 0.25) is 11.8 Å². The van der Waals surface area contributed by atoms with E-state index in [4.69, 9.17) is 10.5 Å². The third-order valence-electron chi connectivity index (χ3n) is 3.85. The summed E-state index contributed by atoms with van der Waals surface area (Å²) in [4.78, 5) is 29.3. The molecule has 0 bridgehead atoms. The number of aryl methyl sites for hydroxylation is 1. The molecule has 0 aliphatic rings. The van der Waals surface area contributed by atoms with E-state index in [9.17, 15) is 9.59 Å². The third kappa shape index (κ3) is 5.03. The Kier molecular flexibility index (Phi) is 6.70. The van der Waals surface area contributed by atoms with E-state index in [-0.39, 0.29) is 24.3 Å². The molecule has 1 aromatic heterocycles. The smallest absolute Gasteiger partial charge is 0.245 e. The number of benzene rings is 1. The Balaban J connectivity index is 1.98. The van der Waals surface area contributed by atoms with Crippen LogP contribution in [0.3, 0.4) is 0 Å². The molecule has 0 saturated heterocycles. The molecule has 0 fully saturated rings. The van der Waals surface area contributed by atoms with Gasteiger partial charge < -0.3 is 21.1 Å². The summed E-state index contributed by atoms with van der Waals surface area (Å²) in [5, 5.41) is 5.73. The van der Waals surface area contributed by atoms with Crippen LogP contribution in [0.1, 0.15) is 18.7 Å². The van der Waals surface area contributed by atoms with Crippen LogP contribution in [0.5, 0.6) is 5.75 Å². The summed E-state index contributed by atoms with van der Waals surface area (Å²) in [5.74, 6) is 0.0889. The number of carbonyl (C=O) groups is 2. The van der Waals surface area contributed by atoms with Gasteiger partial charge in [-0.2, -0.15) is 0 Å². The summed E-state index contributed by atoms with van der Waals surface area (Å²) < 4.78 is 5.15. The van der Waals surface area contributed by atoms with Crippen LogP contribution in [0, 0.1) is 12.8 Å². The zero-order valence-electron chi connectivity index (χ0n) is 15.3. The summed E-state index contributed by atoms with van der Waals surface area (Å²) in [6.07, 6.45) is 0. The quantitative estimate of drug-likeness (QED) is 0.687. The molecule has 4 N–H and O–H groups in total. The largest absolute Gasteiger partial charge is 0.497 e. The minimum atomic E-state index is -0.633. The van der Waals surface area contributed by atoms with Gasteiger partial charge in [0.05, 0.1) is 25.4 Å². The Morgan fingerprint density at radius 2 is 1.92 bits per heavy atom. The van der Waals surface area contributed by atoms with Crippen molar-refractivity contribution in [1.29, 1.82) is 0 Å². The molecule has 1 aromatic carbocycles. The number of carbonyl (C=O) groups excluding carboxylic acids is 2. The van der Waals surface area contributed by atoms with Crippen molar-refractivity contribution in [3.8, 4) is 17.0 Å². The number of hydrogen-bond acceptors (Lipinski definition) is 6. The van der Waals surface area contributed by atoms with Crippen molar-refractivity contribution >= 4 is 28.3 Å². The molecule has 0 radical (unpaired) electrons. The number of nitrogens with two attached hydrogens (primary N) is 1. The molecular formula is C18H24N4O3S. The van der Waals surface area contributed by atoms with E-state index >= 15 is 0 Å². The zero-order valence-corrected chi connectivity index (χ0v) is 16.1. The average Bonchev–Trinajstić information content (AvgIpc) is 2.99. The maximum Gasteiger partial charge on any atom is 0.245 e. The number of nitrogens with one attached hydrogen (secondary N) is 2. The minimum Gasteiger partial charge on any atom is -0.497 e. The van der Waals surface area contributed by atoms with Crippen molar-refractivity contribution in [2.24, 2.45) is 11.7 Å². The number of anilines is 1. The zero-order chi connectivity index (χ0) is 19.3. The van der Waals surface area contributed by atoms with Crippen LogP contribution in [0.25, 0.3) is 11.3 Å². The SMILES string of the molecule is COc1ccc(-c2nc(NC(=O)CNC(=O)[C@@H](N)C(C)C)sc2C)cc1. The highest BCUT2D eigenvalue weighted by atomic mass is 32.1. The molecule has 1 atom stereocenters. The highest BCUT2D eigenvalue weighted by Gasteiger charge is 2.18. The summed E-state index contributed by atoms with van der Waals surface area (Å²) >= 11 is 1.38. The number of methoxy groups -OCH3 is 1. The summed E-state index contributed by atoms with van der Waals surface area (Å²) in [6, 6.07) is 6.92. The van der Waals surface area contributed by atoms with Gasteiger partial charge in [-0.05, 0) is 37.1 Å². The normalized spacial score (nSPS) is 11.9. The Bertz CT molecular complexity index is 771. The number of hydrogen-bond donors (Lipinski definition) is 3. The first-order valence-electron chi connectivity index (χ1n) is 8.26. The van der Waals surface area contributed by atoms with E-state index in [2.05, 4.69) is 15.6 Å². The Morgan fingerprint density at radius 1 is 1.27 bits per heavy atom. The Labute approximate surface area is 157 Å². The second-order valence-corrected chi connectivity index (χ2v) is 7.39. The first-order valence-corrected chi connectivity index (χ1v) is 9.08. The van der Waals surface area contributed by atoms with E-state index < -0.39 is 6.04 Å². The molecule has 2 amide bonds.